The molecule has 1 heterocycles. The van der Waals surface area contributed by atoms with Crippen molar-refractivity contribution < 1.29 is 34.1 Å². The van der Waals surface area contributed by atoms with Gasteiger partial charge in [0, 0.05) is 39.3 Å². The summed E-state index contributed by atoms with van der Waals surface area (Å²) in [6, 6.07) is 7.43. The molecule has 11 aliphatic rings. The molecule has 8 fully saturated rings. The van der Waals surface area contributed by atoms with Crippen LogP contribution in [-0.2, 0) is 14.3 Å². The Hall–Kier alpha value is -2.97. The van der Waals surface area contributed by atoms with Crippen LogP contribution in [0.3, 0.4) is 0 Å². The summed E-state index contributed by atoms with van der Waals surface area (Å²) in [5.41, 5.74) is -3.99. The number of methoxy groups -OCH3 is 1. The minimum atomic E-state index is -1.25. The second kappa shape index (κ2) is 11.9. The Labute approximate surface area is 345 Å². The smallest absolute Gasteiger partial charge is 0.313 e. The van der Waals surface area contributed by atoms with Gasteiger partial charge in [-0.3, -0.25) is 14.4 Å². The third kappa shape index (κ3) is 4.43. The lowest BCUT2D eigenvalue weighted by molar-refractivity contribution is -0.190. The summed E-state index contributed by atoms with van der Waals surface area (Å²) >= 11 is 0. The number of nitrogens with zero attached hydrogens (tertiary/aromatic N) is 1. The van der Waals surface area contributed by atoms with Crippen molar-refractivity contribution in [1.82, 2.24) is 4.90 Å². The van der Waals surface area contributed by atoms with Gasteiger partial charge in [0.15, 0.2) is 11.4 Å². The van der Waals surface area contributed by atoms with Crippen LogP contribution in [-0.4, -0.2) is 70.3 Å². The van der Waals surface area contributed by atoms with Crippen LogP contribution in [0.1, 0.15) is 136 Å². The van der Waals surface area contributed by atoms with Crippen LogP contribution in [0.5, 0.6) is 5.75 Å². The van der Waals surface area contributed by atoms with Gasteiger partial charge in [0.05, 0.1) is 30.8 Å². The average molecular weight is 794 g/mol. The first-order chi connectivity index (χ1) is 27.2. The number of ketones is 1. The Morgan fingerprint density at radius 1 is 0.862 bits per heavy atom. The molecule has 10 aliphatic carbocycles. The highest BCUT2D eigenvalue weighted by molar-refractivity contribution is 6.10. The summed E-state index contributed by atoms with van der Waals surface area (Å²) in [5.74, 6) is 2.01. The number of benzene rings is 1. The van der Waals surface area contributed by atoms with Gasteiger partial charge in [0.25, 0.3) is 5.91 Å². The molecule has 12 rings (SSSR count). The van der Waals surface area contributed by atoms with Gasteiger partial charge in [-0.1, -0.05) is 59.8 Å². The van der Waals surface area contributed by atoms with Crippen molar-refractivity contribution in [2.24, 2.45) is 67.5 Å². The highest BCUT2D eigenvalue weighted by atomic mass is 16.6. The van der Waals surface area contributed by atoms with Crippen LogP contribution in [0.15, 0.2) is 48.1 Å². The average Bonchev–Trinajstić information content (AvgIpc) is 3.64. The molecule has 58 heavy (non-hydrogen) atoms. The van der Waals surface area contributed by atoms with E-state index in [-0.39, 0.29) is 46.9 Å². The van der Waals surface area contributed by atoms with Gasteiger partial charge in [-0.2, -0.15) is 0 Å². The van der Waals surface area contributed by atoms with Crippen molar-refractivity contribution >= 4 is 17.7 Å². The second-order valence-electron chi connectivity index (χ2n) is 22.9. The Kier molecular flexibility index (Phi) is 8.03. The van der Waals surface area contributed by atoms with Crippen molar-refractivity contribution in [3.63, 3.8) is 0 Å². The molecule has 0 radical (unpaired) electrons. The Balaban J connectivity index is 1.05. The summed E-state index contributed by atoms with van der Waals surface area (Å²) in [6.45, 7) is 16.3. The molecular formula is C50H67NO7. The minimum Gasteiger partial charge on any atom is -0.497 e. The fourth-order valence-corrected chi connectivity index (χ4v) is 16.5. The van der Waals surface area contributed by atoms with Crippen molar-refractivity contribution in [2.75, 3.05) is 20.2 Å². The van der Waals surface area contributed by atoms with E-state index in [2.05, 4.69) is 45.9 Å². The largest absolute Gasteiger partial charge is 0.497 e. The topological polar surface area (TPSA) is 113 Å². The van der Waals surface area contributed by atoms with E-state index < -0.39 is 44.4 Å². The zero-order valence-electron chi connectivity index (χ0n) is 36.3. The monoisotopic (exact) mass is 793 g/mol. The molecule has 6 bridgehead atoms. The highest BCUT2D eigenvalue weighted by Crippen LogP contribution is 2.79. The van der Waals surface area contributed by atoms with Gasteiger partial charge < -0.3 is 24.6 Å². The molecule has 1 saturated heterocycles. The minimum absolute atomic E-state index is 0.0161. The zero-order valence-corrected chi connectivity index (χ0v) is 36.3. The van der Waals surface area contributed by atoms with Gasteiger partial charge in [-0.25, -0.2) is 0 Å². The summed E-state index contributed by atoms with van der Waals surface area (Å²) in [5, 5.41) is 24.7. The van der Waals surface area contributed by atoms with Gasteiger partial charge in [-0.15, -0.1) is 0 Å². The van der Waals surface area contributed by atoms with E-state index in [1.807, 2.05) is 49.9 Å². The number of aliphatic hydroxyl groups is 2. The molecule has 1 aromatic carbocycles. The summed E-state index contributed by atoms with van der Waals surface area (Å²) in [4.78, 5) is 46.2. The third-order valence-corrected chi connectivity index (χ3v) is 20.9. The molecule has 2 N–H and O–H groups in total. The van der Waals surface area contributed by atoms with Crippen LogP contribution < -0.4 is 4.74 Å². The lowest BCUT2D eigenvalue weighted by Gasteiger charge is -2.71. The molecule has 1 unspecified atom stereocenters. The Morgan fingerprint density at radius 2 is 1.55 bits per heavy atom. The molecule has 7 saturated carbocycles. The number of amides is 1. The number of rotatable bonds is 8. The molecule has 1 aliphatic heterocycles. The van der Waals surface area contributed by atoms with Crippen LogP contribution >= 0.6 is 0 Å². The standard InChI is InChI=1S/C50H67NO7/c1-42(2)32-12-9-31(35(42)25-32)28-51(40(54)50-24-21-46(7,41(55)58-50)43(50,3)4)29-48(56)20-17-38-45(48,6)19-16-37-44(5)18-15-33(52)26-47(44)22-23-49(37,38)36(27-47)39(53)30-10-13-34(57-8)14-11-30/h10-11,13-14,22-23,27,31-33,35,37-38,52,56H,9,12,15-21,24-26,28-29H2,1-8H3/t31-,32-,33?,35-,37+,38+,44+,45-,46-,47-,48+,49+,50+/m0/s1. The lowest BCUT2D eigenvalue weighted by Crippen LogP contribution is -2.68. The number of ether oxygens (including phenoxy) is 2. The summed E-state index contributed by atoms with van der Waals surface area (Å²) < 4.78 is 11.7. The molecule has 2 spiro atoms. The fourth-order valence-electron chi connectivity index (χ4n) is 16.5. The van der Waals surface area contributed by atoms with E-state index in [0.717, 1.165) is 56.4 Å². The lowest BCUT2D eigenvalue weighted by atomic mass is 9.32. The number of aliphatic hydroxyl groups excluding tert-OH is 1. The van der Waals surface area contributed by atoms with E-state index in [0.29, 0.717) is 55.4 Å². The molecule has 8 heteroatoms. The highest BCUT2D eigenvalue weighted by Gasteiger charge is 2.78. The predicted octanol–water partition coefficient (Wildman–Crippen LogP) is 8.49. The molecule has 8 nitrogen and oxygen atoms in total. The maximum atomic E-state index is 15.5. The van der Waals surface area contributed by atoms with Gasteiger partial charge >= 0.3 is 5.97 Å². The summed E-state index contributed by atoms with van der Waals surface area (Å²) in [7, 11) is 1.63. The third-order valence-electron chi connectivity index (χ3n) is 20.9. The maximum Gasteiger partial charge on any atom is 0.313 e. The Morgan fingerprint density at radius 3 is 2.19 bits per heavy atom. The molecule has 13 atom stereocenters. The molecule has 314 valence electrons. The maximum absolute atomic E-state index is 15.5. The number of fused-ring (bicyclic) bond motifs is 5. The first-order valence-electron chi connectivity index (χ1n) is 22.7. The van der Waals surface area contributed by atoms with Crippen LogP contribution in [0.2, 0.25) is 0 Å². The van der Waals surface area contributed by atoms with Gasteiger partial charge in [-0.05, 0) is 149 Å². The van der Waals surface area contributed by atoms with Crippen molar-refractivity contribution in [2.45, 2.75) is 143 Å². The van der Waals surface area contributed by atoms with Gasteiger partial charge in [0.1, 0.15) is 5.75 Å². The first kappa shape index (κ1) is 39.2. The van der Waals surface area contributed by atoms with Crippen LogP contribution in [0.4, 0.5) is 0 Å². The number of hydrogen-bond donors (Lipinski definition) is 2. The number of Topliss-reactive ketones (excluding diaryl/α,β-unsaturated/α-hetero) is 1. The van der Waals surface area contributed by atoms with E-state index in [1.54, 1.807) is 7.11 Å². The van der Waals surface area contributed by atoms with E-state index in [4.69, 9.17) is 9.47 Å². The van der Waals surface area contributed by atoms with Gasteiger partial charge in [0.2, 0.25) is 0 Å². The summed E-state index contributed by atoms with van der Waals surface area (Å²) in [6.07, 6.45) is 16.2. The quantitative estimate of drug-likeness (QED) is 0.154. The van der Waals surface area contributed by atoms with Crippen molar-refractivity contribution in [3.05, 3.63) is 53.6 Å². The zero-order chi connectivity index (χ0) is 41.3. The van der Waals surface area contributed by atoms with Crippen LogP contribution in [0, 0.1) is 67.5 Å². The van der Waals surface area contributed by atoms with Crippen molar-refractivity contribution in [1.29, 1.82) is 0 Å². The number of esters is 1. The van der Waals surface area contributed by atoms with E-state index in [1.165, 1.54) is 6.42 Å². The fraction of sp³-hybridized carbons (Fsp3) is 0.740. The van der Waals surface area contributed by atoms with E-state index >= 15 is 9.59 Å². The predicted molar refractivity (Wildman–Crippen MR) is 221 cm³/mol. The van der Waals surface area contributed by atoms with E-state index in [9.17, 15) is 15.0 Å². The number of allylic oxidation sites excluding steroid dienone is 4. The number of carbonyl (C=O) groups is 3. The first-order valence-corrected chi connectivity index (χ1v) is 22.7. The Bertz CT molecular complexity index is 2030. The number of carbonyl (C=O) groups excluding carboxylic acids is 3. The molecule has 1 amide bonds. The molecular weight excluding hydrogens is 727 g/mol. The molecule has 1 aromatic rings. The SMILES string of the molecule is COc1ccc(C(=O)C2=C[C@@]34C=C[C@@]25[C@@H]2CC[C@@](O)(CN(C[C@@H]6CC[C@H]7C[C@@H]6C7(C)C)C(=O)[C@@]67CC[C@@](C)(C(=O)O6)C7(C)C)[C@@]2(C)CC[C@@H]5[C@@]3(C)CCC(O)C4)cc1. The normalized spacial score (nSPS) is 48.2. The molecule has 0 aromatic heterocycles. The number of hydrogen-bond acceptors (Lipinski definition) is 7. The van der Waals surface area contributed by atoms with Crippen molar-refractivity contribution in [3.8, 4) is 5.75 Å². The second-order valence-corrected chi connectivity index (χ2v) is 22.9. The van der Waals surface area contributed by atoms with Crippen LogP contribution in [0.25, 0.3) is 0 Å².